The number of phenols is 1. The fourth-order valence-electron chi connectivity index (χ4n) is 1.52. The van der Waals surface area contributed by atoms with Crippen LogP contribution in [0.2, 0.25) is 0 Å². The predicted octanol–water partition coefficient (Wildman–Crippen LogP) is 2.67. The molecule has 2 aromatic rings. The molecule has 92 valence electrons. The number of aromatic carboxylic acids is 1. The Labute approximate surface area is 104 Å². The number of carboxylic acid groups (broad SMARTS) is 1. The van der Waals surface area contributed by atoms with Crippen LogP contribution < -0.4 is 4.74 Å². The van der Waals surface area contributed by atoms with Crippen LogP contribution in [0.3, 0.4) is 0 Å². The molecule has 0 bridgehead atoms. The van der Waals surface area contributed by atoms with Gasteiger partial charge in [0.05, 0.1) is 0 Å². The molecule has 0 aliphatic rings. The fraction of sp³-hybridized carbons (Fsp3) is 0.0714. The summed E-state index contributed by atoms with van der Waals surface area (Å²) in [5, 5.41) is 18.2. The highest BCUT2D eigenvalue weighted by molar-refractivity contribution is 5.91. The van der Waals surface area contributed by atoms with Crippen LogP contribution in [0.4, 0.5) is 0 Å². The van der Waals surface area contributed by atoms with Gasteiger partial charge in [-0.25, -0.2) is 4.79 Å². The van der Waals surface area contributed by atoms with Crippen LogP contribution in [-0.2, 0) is 6.61 Å². The lowest BCUT2D eigenvalue weighted by Gasteiger charge is -2.07. The lowest BCUT2D eigenvalue weighted by molar-refractivity contribution is 0.0693. The second kappa shape index (κ2) is 5.23. The molecule has 0 heterocycles. The van der Waals surface area contributed by atoms with Crippen LogP contribution in [0.5, 0.6) is 11.5 Å². The Morgan fingerprint density at radius 1 is 1.11 bits per heavy atom. The second-order valence-electron chi connectivity index (χ2n) is 3.76. The molecule has 2 N–H and O–H groups in total. The van der Waals surface area contributed by atoms with Crippen molar-refractivity contribution in [2.45, 2.75) is 6.61 Å². The molecule has 0 aromatic heterocycles. The summed E-state index contributed by atoms with van der Waals surface area (Å²) in [4.78, 5) is 10.8. The van der Waals surface area contributed by atoms with Gasteiger partial charge in [0, 0.05) is 0 Å². The molecule has 0 spiro atoms. The molecule has 2 rings (SSSR count). The Bertz CT molecular complexity index is 549. The quantitative estimate of drug-likeness (QED) is 0.867. The monoisotopic (exact) mass is 244 g/mol. The SMILES string of the molecule is O=C(O)c1cc(OCc2ccccc2)ccc1O. The first-order valence-corrected chi connectivity index (χ1v) is 5.40. The molecular formula is C14H12O4. The van der Waals surface area contributed by atoms with Crippen molar-refractivity contribution in [3.05, 3.63) is 59.7 Å². The third-order valence-corrected chi connectivity index (χ3v) is 2.45. The van der Waals surface area contributed by atoms with E-state index in [1.54, 1.807) is 0 Å². The van der Waals surface area contributed by atoms with Gasteiger partial charge in [-0.15, -0.1) is 0 Å². The topological polar surface area (TPSA) is 66.8 Å². The third kappa shape index (κ3) is 2.79. The summed E-state index contributed by atoms with van der Waals surface area (Å²) in [5.41, 5.74) is 0.822. The maximum atomic E-state index is 10.8. The largest absolute Gasteiger partial charge is 0.507 e. The van der Waals surface area contributed by atoms with Gasteiger partial charge in [0.15, 0.2) is 0 Å². The third-order valence-electron chi connectivity index (χ3n) is 2.45. The smallest absolute Gasteiger partial charge is 0.339 e. The maximum absolute atomic E-state index is 10.8. The van der Waals surface area contributed by atoms with Crippen molar-refractivity contribution in [2.24, 2.45) is 0 Å². The molecule has 0 radical (unpaired) electrons. The molecule has 0 saturated heterocycles. The summed E-state index contributed by atoms with van der Waals surface area (Å²) in [7, 11) is 0. The number of aromatic hydroxyl groups is 1. The van der Waals surface area contributed by atoms with E-state index in [0.29, 0.717) is 12.4 Å². The van der Waals surface area contributed by atoms with Crippen molar-refractivity contribution in [3.8, 4) is 11.5 Å². The molecule has 0 aliphatic heterocycles. The normalized spacial score (nSPS) is 10.0. The zero-order valence-corrected chi connectivity index (χ0v) is 9.54. The van der Waals surface area contributed by atoms with E-state index in [1.165, 1.54) is 18.2 Å². The standard InChI is InChI=1S/C14H12O4/c15-13-7-6-11(8-12(13)14(16)17)18-9-10-4-2-1-3-5-10/h1-8,15H,9H2,(H,16,17). The minimum absolute atomic E-state index is 0.166. The van der Waals surface area contributed by atoms with E-state index in [-0.39, 0.29) is 11.3 Å². The Kier molecular flexibility index (Phi) is 3.48. The molecule has 0 aliphatic carbocycles. The number of hydrogen-bond acceptors (Lipinski definition) is 3. The number of carboxylic acids is 1. The summed E-state index contributed by atoms with van der Waals surface area (Å²) >= 11 is 0. The average Bonchev–Trinajstić information content (AvgIpc) is 2.38. The van der Waals surface area contributed by atoms with Crippen molar-refractivity contribution in [1.82, 2.24) is 0 Å². The molecule has 0 amide bonds. The lowest BCUT2D eigenvalue weighted by atomic mass is 10.2. The van der Waals surface area contributed by atoms with Crippen molar-refractivity contribution < 1.29 is 19.7 Å². The average molecular weight is 244 g/mol. The van der Waals surface area contributed by atoms with Crippen LogP contribution in [-0.4, -0.2) is 16.2 Å². The minimum atomic E-state index is -1.18. The van der Waals surface area contributed by atoms with Gasteiger partial charge in [-0.1, -0.05) is 30.3 Å². The molecule has 4 nitrogen and oxygen atoms in total. The molecular weight excluding hydrogens is 232 g/mol. The highest BCUT2D eigenvalue weighted by Crippen LogP contribution is 2.23. The summed E-state index contributed by atoms with van der Waals surface area (Å²) in [6, 6.07) is 13.7. The van der Waals surface area contributed by atoms with E-state index in [4.69, 9.17) is 9.84 Å². The molecule has 0 unspecified atom stereocenters. The minimum Gasteiger partial charge on any atom is -0.507 e. The summed E-state index contributed by atoms with van der Waals surface area (Å²) in [5.74, 6) is -1.04. The summed E-state index contributed by atoms with van der Waals surface area (Å²) < 4.78 is 5.46. The first-order valence-electron chi connectivity index (χ1n) is 5.40. The maximum Gasteiger partial charge on any atom is 0.339 e. The highest BCUT2D eigenvalue weighted by atomic mass is 16.5. The Balaban J connectivity index is 2.11. The van der Waals surface area contributed by atoms with Crippen LogP contribution in [0.25, 0.3) is 0 Å². The predicted molar refractivity (Wildman–Crippen MR) is 65.8 cm³/mol. The van der Waals surface area contributed by atoms with Crippen LogP contribution in [0, 0.1) is 0 Å². The number of carbonyl (C=O) groups is 1. The van der Waals surface area contributed by atoms with Crippen LogP contribution in [0.15, 0.2) is 48.5 Å². The summed E-state index contributed by atoms with van der Waals surface area (Å²) in [6.07, 6.45) is 0. The number of rotatable bonds is 4. The van der Waals surface area contributed by atoms with Crippen LogP contribution >= 0.6 is 0 Å². The molecule has 4 heteroatoms. The fourth-order valence-corrected chi connectivity index (χ4v) is 1.52. The second-order valence-corrected chi connectivity index (χ2v) is 3.76. The van der Waals surface area contributed by atoms with Gasteiger partial charge in [0.2, 0.25) is 0 Å². The van der Waals surface area contributed by atoms with E-state index in [1.807, 2.05) is 30.3 Å². The Morgan fingerprint density at radius 3 is 2.50 bits per heavy atom. The highest BCUT2D eigenvalue weighted by Gasteiger charge is 2.10. The van der Waals surface area contributed by atoms with Gasteiger partial charge < -0.3 is 14.9 Å². The first kappa shape index (κ1) is 12.0. The lowest BCUT2D eigenvalue weighted by Crippen LogP contribution is -1.99. The Morgan fingerprint density at radius 2 is 1.83 bits per heavy atom. The molecule has 2 aromatic carbocycles. The molecule has 0 atom stereocenters. The van der Waals surface area contributed by atoms with Crippen LogP contribution in [0.1, 0.15) is 15.9 Å². The number of hydrogen-bond donors (Lipinski definition) is 2. The van der Waals surface area contributed by atoms with Crippen molar-refractivity contribution >= 4 is 5.97 Å². The van der Waals surface area contributed by atoms with E-state index in [9.17, 15) is 9.90 Å². The van der Waals surface area contributed by atoms with Gasteiger partial charge in [0.25, 0.3) is 0 Å². The van der Waals surface area contributed by atoms with Gasteiger partial charge in [-0.2, -0.15) is 0 Å². The molecule has 0 saturated carbocycles. The number of benzene rings is 2. The van der Waals surface area contributed by atoms with E-state index in [2.05, 4.69) is 0 Å². The van der Waals surface area contributed by atoms with Gasteiger partial charge in [-0.05, 0) is 23.8 Å². The van der Waals surface area contributed by atoms with Gasteiger partial charge in [0.1, 0.15) is 23.7 Å². The van der Waals surface area contributed by atoms with Crippen molar-refractivity contribution in [2.75, 3.05) is 0 Å². The first-order chi connectivity index (χ1) is 8.66. The van der Waals surface area contributed by atoms with Gasteiger partial charge >= 0.3 is 5.97 Å². The number of ether oxygens (including phenoxy) is 1. The van der Waals surface area contributed by atoms with E-state index >= 15 is 0 Å². The van der Waals surface area contributed by atoms with Gasteiger partial charge in [-0.3, -0.25) is 0 Å². The molecule has 0 fully saturated rings. The van der Waals surface area contributed by atoms with Crippen molar-refractivity contribution in [1.29, 1.82) is 0 Å². The van der Waals surface area contributed by atoms with Crippen molar-refractivity contribution in [3.63, 3.8) is 0 Å². The Hall–Kier alpha value is -2.49. The van der Waals surface area contributed by atoms with E-state index < -0.39 is 5.97 Å². The summed E-state index contributed by atoms with van der Waals surface area (Å²) in [6.45, 7) is 0.352. The van der Waals surface area contributed by atoms with E-state index in [0.717, 1.165) is 5.56 Å². The molecule has 18 heavy (non-hydrogen) atoms. The zero-order chi connectivity index (χ0) is 13.0. The zero-order valence-electron chi connectivity index (χ0n) is 9.54.